The minimum atomic E-state index is -0.0339. The van der Waals surface area contributed by atoms with Gasteiger partial charge >= 0.3 is 0 Å². The second kappa shape index (κ2) is 6.38. The Labute approximate surface area is 119 Å². The number of nitrogens with one attached hydrogen (secondary N) is 1. The van der Waals surface area contributed by atoms with Gasteiger partial charge in [0.25, 0.3) is 0 Å². The fourth-order valence-corrected chi connectivity index (χ4v) is 1.68. The first-order chi connectivity index (χ1) is 9.17. The number of anilines is 1. The Morgan fingerprint density at radius 3 is 2.84 bits per heavy atom. The molecule has 5 nitrogen and oxygen atoms in total. The molecule has 2 aromatic rings. The normalized spacial score (nSPS) is 10.2. The van der Waals surface area contributed by atoms with Crippen LogP contribution in [0.2, 0.25) is 0 Å². The van der Waals surface area contributed by atoms with Crippen LogP contribution in [0.5, 0.6) is 5.75 Å². The van der Waals surface area contributed by atoms with Crippen LogP contribution in [-0.4, -0.2) is 15.7 Å². The largest absolute Gasteiger partial charge is 0.471 e. The molecular weight excluding hydrogens is 310 g/mol. The Morgan fingerprint density at radius 2 is 2.16 bits per heavy atom. The topological polar surface area (TPSA) is 56.2 Å². The lowest BCUT2D eigenvalue weighted by Crippen LogP contribution is -2.09. The van der Waals surface area contributed by atoms with E-state index in [9.17, 15) is 4.79 Å². The molecule has 1 aromatic heterocycles. The maximum absolute atomic E-state index is 11.2. The lowest BCUT2D eigenvalue weighted by Gasteiger charge is -2.05. The second-order valence-corrected chi connectivity index (χ2v) is 4.81. The number of hydrogen-bond donors (Lipinski definition) is 1. The summed E-state index contributed by atoms with van der Waals surface area (Å²) in [4.78, 5) is 11.2. The molecule has 0 saturated carbocycles. The Morgan fingerprint density at radius 1 is 1.42 bits per heavy atom. The summed E-state index contributed by atoms with van der Waals surface area (Å²) < 4.78 is 8.18. The molecule has 0 unspecified atom stereocenters. The van der Waals surface area contributed by atoms with Gasteiger partial charge in [0.1, 0.15) is 5.75 Å². The van der Waals surface area contributed by atoms with Gasteiger partial charge in [0.2, 0.25) is 5.91 Å². The third-order valence-corrected chi connectivity index (χ3v) is 2.94. The molecule has 1 heterocycles. The SMILES string of the molecule is CCC(=O)Nc1cnn(COc2ccc(Br)cc2)c1. The molecule has 0 aliphatic rings. The van der Waals surface area contributed by atoms with Crippen molar-refractivity contribution in [1.82, 2.24) is 9.78 Å². The molecule has 0 saturated heterocycles. The zero-order valence-electron chi connectivity index (χ0n) is 10.5. The van der Waals surface area contributed by atoms with E-state index in [1.807, 2.05) is 24.3 Å². The summed E-state index contributed by atoms with van der Waals surface area (Å²) in [5, 5.41) is 6.84. The predicted octanol–water partition coefficient (Wildman–Crippen LogP) is 3.03. The number of rotatable bonds is 5. The van der Waals surface area contributed by atoms with Crippen molar-refractivity contribution in [2.45, 2.75) is 20.1 Å². The Balaban J connectivity index is 1.89. The third kappa shape index (κ3) is 4.10. The average molecular weight is 324 g/mol. The van der Waals surface area contributed by atoms with Gasteiger partial charge in [-0.15, -0.1) is 0 Å². The molecule has 0 aliphatic carbocycles. The number of amides is 1. The van der Waals surface area contributed by atoms with Gasteiger partial charge in [0.15, 0.2) is 6.73 Å². The Hall–Kier alpha value is -1.82. The van der Waals surface area contributed by atoms with E-state index in [4.69, 9.17) is 4.74 Å². The van der Waals surface area contributed by atoms with Gasteiger partial charge in [-0.2, -0.15) is 5.10 Å². The van der Waals surface area contributed by atoms with Crippen molar-refractivity contribution in [3.8, 4) is 5.75 Å². The van der Waals surface area contributed by atoms with Gasteiger partial charge in [0.05, 0.1) is 18.1 Å². The van der Waals surface area contributed by atoms with Gasteiger partial charge in [-0.1, -0.05) is 22.9 Å². The highest BCUT2D eigenvalue weighted by Crippen LogP contribution is 2.16. The summed E-state index contributed by atoms with van der Waals surface area (Å²) in [5.74, 6) is 0.728. The maximum atomic E-state index is 11.2. The maximum Gasteiger partial charge on any atom is 0.224 e. The molecule has 2 rings (SSSR count). The molecule has 0 spiro atoms. The quantitative estimate of drug-likeness (QED) is 0.920. The molecule has 0 bridgehead atoms. The number of halogens is 1. The van der Waals surface area contributed by atoms with Crippen LogP contribution >= 0.6 is 15.9 Å². The van der Waals surface area contributed by atoms with Crippen LogP contribution in [0.25, 0.3) is 0 Å². The lowest BCUT2D eigenvalue weighted by molar-refractivity contribution is -0.115. The first-order valence-corrected chi connectivity index (χ1v) is 6.67. The molecule has 1 aromatic carbocycles. The van der Waals surface area contributed by atoms with E-state index in [0.717, 1.165) is 10.2 Å². The average Bonchev–Trinajstić information content (AvgIpc) is 2.85. The van der Waals surface area contributed by atoms with Crippen LogP contribution in [0.4, 0.5) is 5.69 Å². The third-order valence-electron chi connectivity index (χ3n) is 2.42. The fourth-order valence-electron chi connectivity index (χ4n) is 1.42. The monoisotopic (exact) mass is 323 g/mol. The summed E-state index contributed by atoms with van der Waals surface area (Å²) in [6.45, 7) is 2.10. The highest BCUT2D eigenvalue weighted by molar-refractivity contribution is 9.10. The molecule has 6 heteroatoms. The fraction of sp³-hybridized carbons (Fsp3) is 0.231. The van der Waals surface area contributed by atoms with Crippen LogP contribution < -0.4 is 10.1 Å². The van der Waals surface area contributed by atoms with Crippen LogP contribution in [0, 0.1) is 0 Å². The van der Waals surface area contributed by atoms with Crippen molar-refractivity contribution in [2.75, 3.05) is 5.32 Å². The summed E-state index contributed by atoms with van der Waals surface area (Å²) >= 11 is 3.36. The number of nitrogens with zero attached hydrogens (tertiary/aromatic N) is 2. The highest BCUT2D eigenvalue weighted by Gasteiger charge is 2.02. The first-order valence-electron chi connectivity index (χ1n) is 5.88. The second-order valence-electron chi connectivity index (χ2n) is 3.90. The van der Waals surface area contributed by atoms with Crippen LogP contribution in [-0.2, 0) is 11.5 Å². The zero-order valence-corrected chi connectivity index (χ0v) is 12.1. The van der Waals surface area contributed by atoms with E-state index < -0.39 is 0 Å². The van der Waals surface area contributed by atoms with Crippen molar-refractivity contribution in [1.29, 1.82) is 0 Å². The van der Waals surface area contributed by atoms with E-state index in [2.05, 4.69) is 26.3 Å². The summed E-state index contributed by atoms with van der Waals surface area (Å²) in [6.07, 6.45) is 3.77. The van der Waals surface area contributed by atoms with E-state index in [0.29, 0.717) is 18.8 Å². The number of aromatic nitrogens is 2. The number of ether oxygens (including phenoxy) is 1. The van der Waals surface area contributed by atoms with Gasteiger partial charge in [-0.05, 0) is 24.3 Å². The Bertz CT molecular complexity index is 551. The molecule has 0 aliphatic heterocycles. The summed E-state index contributed by atoms with van der Waals surface area (Å²) in [5.41, 5.74) is 0.672. The zero-order chi connectivity index (χ0) is 13.7. The minimum absolute atomic E-state index is 0.0339. The molecule has 0 radical (unpaired) electrons. The molecular formula is C13H14BrN3O2. The standard InChI is InChI=1S/C13H14BrN3O2/c1-2-13(18)16-11-7-15-17(8-11)9-19-12-5-3-10(14)4-6-12/h3-8H,2,9H2,1H3,(H,16,18). The van der Waals surface area contributed by atoms with Crippen LogP contribution in [0.3, 0.4) is 0 Å². The predicted molar refractivity (Wildman–Crippen MR) is 75.9 cm³/mol. The molecule has 0 atom stereocenters. The molecule has 1 amide bonds. The van der Waals surface area contributed by atoms with Crippen molar-refractivity contribution >= 4 is 27.5 Å². The van der Waals surface area contributed by atoms with Crippen molar-refractivity contribution in [3.63, 3.8) is 0 Å². The lowest BCUT2D eigenvalue weighted by atomic mass is 10.3. The van der Waals surface area contributed by atoms with Gasteiger partial charge in [-0.3, -0.25) is 4.79 Å². The minimum Gasteiger partial charge on any atom is -0.471 e. The van der Waals surface area contributed by atoms with E-state index >= 15 is 0 Å². The van der Waals surface area contributed by atoms with Crippen molar-refractivity contribution < 1.29 is 9.53 Å². The van der Waals surface area contributed by atoms with E-state index in [1.54, 1.807) is 24.0 Å². The number of hydrogen-bond acceptors (Lipinski definition) is 3. The van der Waals surface area contributed by atoms with Crippen LogP contribution in [0.15, 0.2) is 41.1 Å². The highest BCUT2D eigenvalue weighted by atomic mass is 79.9. The molecule has 100 valence electrons. The molecule has 0 fully saturated rings. The molecule has 1 N–H and O–H groups in total. The Kier molecular flexibility index (Phi) is 4.57. The smallest absolute Gasteiger partial charge is 0.224 e. The first kappa shape index (κ1) is 13.6. The molecule has 19 heavy (non-hydrogen) atoms. The van der Waals surface area contributed by atoms with E-state index in [-0.39, 0.29) is 5.91 Å². The number of carbonyl (C=O) groups is 1. The summed E-state index contributed by atoms with van der Waals surface area (Å²) in [7, 11) is 0. The van der Waals surface area contributed by atoms with Crippen molar-refractivity contribution in [2.24, 2.45) is 0 Å². The van der Waals surface area contributed by atoms with Gasteiger partial charge < -0.3 is 10.1 Å². The number of benzene rings is 1. The van der Waals surface area contributed by atoms with Gasteiger partial charge in [-0.25, -0.2) is 4.68 Å². The van der Waals surface area contributed by atoms with E-state index in [1.165, 1.54) is 0 Å². The summed E-state index contributed by atoms with van der Waals surface area (Å²) in [6, 6.07) is 7.55. The van der Waals surface area contributed by atoms with Gasteiger partial charge in [0, 0.05) is 10.9 Å². The number of carbonyl (C=O) groups excluding carboxylic acids is 1. The van der Waals surface area contributed by atoms with Crippen molar-refractivity contribution in [3.05, 3.63) is 41.1 Å². The van der Waals surface area contributed by atoms with Crippen LogP contribution in [0.1, 0.15) is 13.3 Å².